The van der Waals surface area contributed by atoms with Gasteiger partial charge in [0.25, 0.3) is 5.91 Å². The number of nitrogens with one attached hydrogen (secondary N) is 1. The molecule has 0 aliphatic rings. The Morgan fingerprint density at radius 3 is 2.41 bits per heavy atom. The van der Waals surface area contributed by atoms with Crippen LogP contribution in [0.15, 0.2) is 24.3 Å². The van der Waals surface area contributed by atoms with E-state index in [-0.39, 0.29) is 30.8 Å². The molecule has 0 unspecified atom stereocenters. The lowest BCUT2D eigenvalue weighted by Crippen LogP contribution is -2.36. The molecular weight excluding hydrogens is 242 g/mol. The van der Waals surface area contributed by atoms with Crippen LogP contribution in [0.3, 0.4) is 0 Å². The average molecular weight is 258 g/mol. The van der Waals surface area contributed by atoms with E-state index in [1.807, 2.05) is 0 Å². The van der Waals surface area contributed by atoms with Crippen molar-refractivity contribution in [3.8, 4) is 0 Å². The van der Waals surface area contributed by atoms with E-state index in [0.717, 1.165) is 0 Å². The predicted octanol–water partition coefficient (Wildman–Crippen LogP) is 0.509. The Kier molecular flexibility index (Phi) is 6.06. The van der Waals surface area contributed by atoms with Crippen LogP contribution >= 0.6 is 12.4 Å². The number of carbonyl (C=O) groups is 2. The summed E-state index contributed by atoms with van der Waals surface area (Å²) in [6.07, 6.45) is 0. The fourth-order valence-electron chi connectivity index (χ4n) is 1.11. The van der Waals surface area contributed by atoms with Crippen molar-refractivity contribution in [2.75, 3.05) is 26.4 Å². The number of anilines is 1. The number of halogens is 1. The summed E-state index contributed by atoms with van der Waals surface area (Å²) in [6.45, 7) is -0.0276. The van der Waals surface area contributed by atoms with E-state index in [9.17, 15) is 9.59 Å². The molecule has 17 heavy (non-hydrogen) atoms. The Bertz CT molecular complexity index is 407. The van der Waals surface area contributed by atoms with Crippen LogP contribution in [-0.4, -0.2) is 37.4 Å². The molecule has 0 aliphatic carbocycles. The summed E-state index contributed by atoms with van der Waals surface area (Å²) in [7, 11) is 3.26. The Balaban J connectivity index is 0.00000256. The summed E-state index contributed by atoms with van der Waals surface area (Å²) in [6, 6.07) is 6.73. The monoisotopic (exact) mass is 257 g/mol. The van der Waals surface area contributed by atoms with Crippen LogP contribution in [0.5, 0.6) is 0 Å². The van der Waals surface area contributed by atoms with Crippen molar-refractivity contribution in [2.24, 2.45) is 0 Å². The van der Waals surface area contributed by atoms with Crippen LogP contribution in [-0.2, 0) is 4.79 Å². The van der Waals surface area contributed by atoms with Gasteiger partial charge in [-0.3, -0.25) is 9.59 Å². The van der Waals surface area contributed by atoms with Gasteiger partial charge in [0.2, 0.25) is 5.91 Å². The van der Waals surface area contributed by atoms with Crippen molar-refractivity contribution in [3.63, 3.8) is 0 Å². The largest absolute Gasteiger partial charge is 0.398 e. The van der Waals surface area contributed by atoms with Crippen molar-refractivity contribution in [1.82, 2.24) is 10.2 Å². The number of hydrogen-bond donors (Lipinski definition) is 2. The molecule has 3 N–H and O–H groups in total. The zero-order valence-corrected chi connectivity index (χ0v) is 10.6. The van der Waals surface area contributed by atoms with E-state index in [2.05, 4.69) is 5.32 Å². The first-order valence-corrected chi connectivity index (χ1v) is 4.85. The second kappa shape index (κ2) is 6.75. The van der Waals surface area contributed by atoms with Gasteiger partial charge in [0.15, 0.2) is 0 Å². The van der Waals surface area contributed by atoms with Gasteiger partial charge < -0.3 is 16.0 Å². The highest BCUT2D eigenvalue weighted by atomic mass is 35.5. The predicted molar refractivity (Wildman–Crippen MR) is 69.1 cm³/mol. The number of carbonyl (C=O) groups excluding carboxylic acids is 2. The third kappa shape index (κ3) is 4.32. The number of rotatable bonds is 3. The van der Waals surface area contributed by atoms with E-state index in [1.165, 1.54) is 4.90 Å². The molecule has 0 bridgehead atoms. The van der Waals surface area contributed by atoms with Gasteiger partial charge in [-0.2, -0.15) is 0 Å². The molecule has 0 aliphatic heterocycles. The Labute approximate surface area is 106 Å². The molecule has 0 saturated carbocycles. The number of nitrogen functional groups attached to an aromatic ring is 1. The molecule has 0 heterocycles. The second-order valence-corrected chi connectivity index (χ2v) is 3.56. The van der Waals surface area contributed by atoms with Gasteiger partial charge in [0.1, 0.15) is 0 Å². The summed E-state index contributed by atoms with van der Waals surface area (Å²) in [5.41, 5.74) is 6.42. The van der Waals surface area contributed by atoms with Gasteiger partial charge >= 0.3 is 0 Å². The highest BCUT2D eigenvalue weighted by Crippen LogP contribution is 2.09. The highest BCUT2D eigenvalue weighted by Gasteiger charge is 2.10. The maximum absolute atomic E-state index is 11.6. The minimum atomic E-state index is -0.340. The normalized spacial score (nSPS) is 9.06. The molecule has 0 radical (unpaired) electrons. The van der Waals surface area contributed by atoms with Gasteiger partial charge in [-0.05, 0) is 12.1 Å². The molecule has 1 aromatic carbocycles. The Morgan fingerprint density at radius 2 is 1.88 bits per heavy atom. The van der Waals surface area contributed by atoms with Crippen molar-refractivity contribution < 1.29 is 9.59 Å². The number of likely N-dealkylation sites (N-methyl/N-ethyl adjacent to an activating group) is 1. The summed E-state index contributed by atoms with van der Waals surface area (Å²) >= 11 is 0. The van der Waals surface area contributed by atoms with Gasteiger partial charge in [0, 0.05) is 19.8 Å². The van der Waals surface area contributed by atoms with Crippen LogP contribution in [0.1, 0.15) is 10.4 Å². The number of nitrogens with zero attached hydrogens (tertiary/aromatic N) is 1. The van der Waals surface area contributed by atoms with Gasteiger partial charge in [-0.1, -0.05) is 12.1 Å². The van der Waals surface area contributed by atoms with E-state index in [0.29, 0.717) is 11.3 Å². The molecule has 94 valence electrons. The van der Waals surface area contributed by atoms with E-state index in [4.69, 9.17) is 5.73 Å². The molecule has 0 fully saturated rings. The number of benzene rings is 1. The van der Waals surface area contributed by atoms with Crippen molar-refractivity contribution in [2.45, 2.75) is 0 Å². The standard InChI is InChI=1S/C11H15N3O2.ClH/c1-14(2)10(15)7-13-11(16)8-5-3-4-6-9(8)12;/h3-6H,7,12H2,1-2H3,(H,13,16);1H. The highest BCUT2D eigenvalue weighted by molar-refractivity contribution is 6.00. The zero-order chi connectivity index (χ0) is 12.1. The molecule has 1 aromatic rings. The lowest BCUT2D eigenvalue weighted by Gasteiger charge is -2.11. The number of hydrogen-bond acceptors (Lipinski definition) is 3. The van der Waals surface area contributed by atoms with Crippen LogP contribution in [0.25, 0.3) is 0 Å². The first-order chi connectivity index (χ1) is 7.52. The van der Waals surface area contributed by atoms with Crippen molar-refractivity contribution in [1.29, 1.82) is 0 Å². The summed E-state index contributed by atoms with van der Waals surface area (Å²) in [4.78, 5) is 24.3. The third-order valence-corrected chi connectivity index (χ3v) is 2.10. The fourth-order valence-corrected chi connectivity index (χ4v) is 1.11. The molecular formula is C11H16ClN3O2. The number of nitrogens with two attached hydrogens (primary N) is 1. The lowest BCUT2D eigenvalue weighted by atomic mass is 10.1. The van der Waals surface area contributed by atoms with Crippen molar-refractivity contribution in [3.05, 3.63) is 29.8 Å². The fraction of sp³-hybridized carbons (Fsp3) is 0.273. The maximum atomic E-state index is 11.6. The lowest BCUT2D eigenvalue weighted by molar-refractivity contribution is -0.127. The molecule has 0 atom stereocenters. The van der Waals surface area contributed by atoms with E-state index in [1.54, 1.807) is 38.4 Å². The first kappa shape index (κ1) is 15.2. The smallest absolute Gasteiger partial charge is 0.253 e. The molecule has 0 spiro atoms. The topological polar surface area (TPSA) is 75.4 Å². The van der Waals surface area contributed by atoms with Crippen LogP contribution in [0.2, 0.25) is 0 Å². The van der Waals surface area contributed by atoms with E-state index >= 15 is 0 Å². The Morgan fingerprint density at radius 1 is 1.29 bits per heavy atom. The minimum Gasteiger partial charge on any atom is -0.398 e. The Hall–Kier alpha value is -1.75. The molecule has 1 rings (SSSR count). The zero-order valence-electron chi connectivity index (χ0n) is 9.77. The number of amides is 2. The van der Waals surface area contributed by atoms with E-state index < -0.39 is 0 Å². The average Bonchev–Trinajstić information content (AvgIpc) is 2.25. The van der Waals surface area contributed by atoms with Crippen LogP contribution in [0, 0.1) is 0 Å². The summed E-state index contributed by atoms with van der Waals surface area (Å²) in [5, 5.41) is 2.51. The third-order valence-electron chi connectivity index (χ3n) is 2.10. The quantitative estimate of drug-likeness (QED) is 0.775. The summed E-state index contributed by atoms with van der Waals surface area (Å²) in [5.74, 6) is -0.504. The van der Waals surface area contributed by atoms with Crippen LogP contribution in [0.4, 0.5) is 5.69 Å². The van der Waals surface area contributed by atoms with Gasteiger partial charge in [-0.25, -0.2) is 0 Å². The van der Waals surface area contributed by atoms with Gasteiger partial charge in [-0.15, -0.1) is 12.4 Å². The maximum Gasteiger partial charge on any atom is 0.253 e. The first-order valence-electron chi connectivity index (χ1n) is 4.85. The summed E-state index contributed by atoms with van der Waals surface area (Å²) < 4.78 is 0. The second-order valence-electron chi connectivity index (χ2n) is 3.56. The van der Waals surface area contributed by atoms with Crippen molar-refractivity contribution >= 4 is 29.9 Å². The molecule has 0 aromatic heterocycles. The molecule has 2 amide bonds. The molecule has 5 nitrogen and oxygen atoms in total. The van der Waals surface area contributed by atoms with Crippen LogP contribution < -0.4 is 11.1 Å². The van der Waals surface area contributed by atoms with Gasteiger partial charge in [0.05, 0.1) is 12.1 Å². The minimum absolute atomic E-state index is 0. The molecule has 6 heteroatoms. The molecule has 0 saturated heterocycles. The number of para-hydroxylation sites is 1. The SMILES string of the molecule is CN(C)C(=O)CNC(=O)c1ccccc1N.Cl.